The lowest BCUT2D eigenvalue weighted by Crippen LogP contribution is -2.16. The van der Waals surface area contributed by atoms with Crippen LogP contribution in [-0.4, -0.2) is 17.0 Å². The van der Waals surface area contributed by atoms with E-state index in [-0.39, 0.29) is 26.3 Å². The molecule has 7 heteroatoms. The Hall–Kier alpha value is -1.92. The van der Waals surface area contributed by atoms with Crippen LogP contribution in [0.3, 0.4) is 0 Å². The number of benzene rings is 2. The molecule has 21 heavy (non-hydrogen) atoms. The molecule has 0 atom stereocenters. The minimum Gasteiger partial charge on any atom is -0.478 e. The number of rotatable bonds is 3. The van der Waals surface area contributed by atoms with Gasteiger partial charge in [-0.2, -0.15) is 0 Å². The summed E-state index contributed by atoms with van der Waals surface area (Å²) < 4.78 is 14.0. The van der Waals surface area contributed by atoms with Crippen LogP contribution < -0.4 is 5.32 Å². The number of carboxylic acid groups (broad SMARTS) is 1. The number of anilines is 1. The number of halogens is 3. The lowest BCUT2D eigenvalue weighted by Gasteiger charge is -2.10. The van der Waals surface area contributed by atoms with Crippen LogP contribution in [0.1, 0.15) is 20.7 Å². The largest absolute Gasteiger partial charge is 0.478 e. The van der Waals surface area contributed by atoms with Crippen molar-refractivity contribution in [1.82, 2.24) is 0 Å². The number of aromatic carboxylic acids is 1. The summed E-state index contributed by atoms with van der Waals surface area (Å²) in [6.07, 6.45) is 0. The van der Waals surface area contributed by atoms with Gasteiger partial charge in [-0.1, -0.05) is 17.7 Å². The summed E-state index contributed by atoms with van der Waals surface area (Å²) >= 11 is 8.80. The molecule has 0 saturated heterocycles. The highest BCUT2D eigenvalue weighted by Gasteiger charge is 2.18. The van der Waals surface area contributed by atoms with Gasteiger partial charge in [-0.15, -0.1) is 0 Å². The third-order valence-corrected chi connectivity index (χ3v) is 3.55. The first-order valence-electron chi connectivity index (χ1n) is 5.68. The fraction of sp³-hybridized carbons (Fsp3) is 0. The summed E-state index contributed by atoms with van der Waals surface area (Å²) in [6.45, 7) is 0. The van der Waals surface area contributed by atoms with Crippen LogP contribution in [0.25, 0.3) is 0 Å². The molecule has 1 amide bonds. The molecule has 0 aromatic heterocycles. The molecule has 2 aromatic rings. The zero-order valence-electron chi connectivity index (χ0n) is 10.4. The van der Waals surface area contributed by atoms with E-state index in [1.54, 1.807) is 0 Å². The highest BCUT2D eigenvalue weighted by molar-refractivity contribution is 9.10. The van der Waals surface area contributed by atoms with Crippen LogP contribution in [0.5, 0.6) is 0 Å². The number of hydrogen-bond acceptors (Lipinski definition) is 2. The molecule has 0 heterocycles. The molecule has 4 nitrogen and oxygen atoms in total. The monoisotopic (exact) mass is 371 g/mol. The Morgan fingerprint density at radius 2 is 1.95 bits per heavy atom. The number of amides is 1. The van der Waals surface area contributed by atoms with Gasteiger partial charge in [-0.05, 0) is 46.3 Å². The summed E-state index contributed by atoms with van der Waals surface area (Å²) in [6, 6.07) is 8.08. The van der Waals surface area contributed by atoms with Crippen molar-refractivity contribution in [2.75, 3.05) is 5.32 Å². The first-order chi connectivity index (χ1) is 9.90. The fourth-order valence-electron chi connectivity index (χ4n) is 1.70. The third-order valence-electron chi connectivity index (χ3n) is 2.65. The van der Waals surface area contributed by atoms with E-state index in [0.717, 1.165) is 6.07 Å². The van der Waals surface area contributed by atoms with Crippen molar-refractivity contribution in [3.05, 3.63) is 62.8 Å². The van der Waals surface area contributed by atoms with Crippen LogP contribution >= 0.6 is 27.5 Å². The van der Waals surface area contributed by atoms with E-state index in [1.807, 2.05) is 0 Å². The van der Waals surface area contributed by atoms with Crippen molar-refractivity contribution < 1.29 is 19.1 Å². The minimum atomic E-state index is -1.25. The van der Waals surface area contributed by atoms with Gasteiger partial charge in [0, 0.05) is 9.50 Å². The predicted octanol–water partition coefficient (Wildman–Crippen LogP) is 4.19. The molecule has 108 valence electrons. The van der Waals surface area contributed by atoms with Crippen LogP contribution in [0.15, 0.2) is 40.9 Å². The summed E-state index contributed by atoms with van der Waals surface area (Å²) in [4.78, 5) is 23.2. The molecule has 0 unspecified atom stereocenters. The standard InChI is InChI=1S/C14H8BrClFNO3/c15-9-2-1-3-10(17)12(9)13(19)18-11-5-4-7(16)6-8(11)14(20)21/h1-6H,(H,18,19)(H,20,21). The predicted molar refractivity (Wildman–Crippen MR) is 80.5 cm³/mol. The van der Waals surface area contributed by atoms with Crippen LogP contribution in [-0.2, 0) is 0 Å². The van der Waals surface area contributed by atoms with Crippen molar-refractivity contribution >= 4 is 45.1 Å². The molecule has 2 aromatic carbocycles. The van der Waals surface area contributed by atoms with Gasteiger partial charge in [0.25, 0.3) is 5.91 Å². The zero-order valence-corrected chi connectivity index (χ0v) is 12.7. The van der Waals surface area contributed by atoms with Gasteiger partial charge in [0.2, 0.25) is 0 Å². The second kappa shape index (κ2) is 6.24. The number of nitrogens with one attached hydrogen (secondary N) is 1. The number of hydrogen-bond donors (Lipinski definition) is 2. The Kier molecular flexibility index (Phi) is 4.59. The maximum Gasteiger partial charge on any atom is 0.337 e. The normalized spacial score (nSPS) is 10.2. The topological polar surface area (TPSA) is 66.4 Å². The summed E-state index contributed by atoms with van der Waals surface area (Å²) in [5, 5.41) is 11.7. The van der Waals surface area contributed by atoms with Gasteiger partial charge in [-0.3, -0.25) is 4.79 Å². The average Bonchev–Trinajstić information content (AvgIpc) is 2.40. The molecule has 0 spiro atoms. The van der Waals surface area contributed by atoms with Gasteiger partial charge < -0.3 is 10.4 Å². The van der Waals surface area contributed by atoms with E-state index in [1.165, 1.54) is 30.3 Å². The third kappa shape index (κ3) is 3.40. The van der Waals surface area contributed by atoms with E-state index in [2.05, 4.69) is 21.2 Å². The van der Waals surface area contributed by atoms with E-state index in [4.69, 9.17) is 16.7 Å². The van der Waals surface area contributed by atoms with Gasteiger partial charge in [0.1, 0.15) is 5.82 Å². The van der Waals surface area contributed by atoms with Crippen molar-refractivity contribution in [2.24, 2.45) is 0 Å². The molecule has 2 N–H and O–H groups in total. The maximum absolute atomic E-state index is 13.7. The number of carboxylic acids is 1. The molecule has 0 bridgehead atoms. The zero-order chi connectivity index (χ0) is 15.6. The first-order valence-corrected chi connectivity index (χ1v) is 6.85. The van der Waals surface area contributed by atoms with Crippen molar-refractivity contribution in [3.63, 3.8) is 0 Å². The molecule has 0 aliphatic rings. The lowest BCUT2D eigenvalue weighted by molar-refractivity contribution is 0.0698. The fourth-order valence-corrected chi connectivity index (χ4v) is 2.40. The van der Waals surface area contributed by atoms with Crippen LogP contribution in [0, 0.1) is 5.82 Å². The Balaban J connectivity index is 2.39. The maximum atomic E-state index is 13.7. The summed E-state index contributed by atoms with van der Waals surface area (Å²) in [5.74, 6) is -2.72. The van der Waals surface area contributed by atoms with Crippen LogP contribution in [0.2, 0.25) is 5.02 Å². The Morgan fingerprint density at radius 3 is 2.57 bits per heavy atom. The molecule has 0 saturated carbocycles. The molecule has 2 rings (SSSR count). The Morgan fingerprint density at radius 1 is 1.24 bits per heavy atom. The van der Waals surface area contributed by atoms with Gasteiger partial charge in [0.15, 0.2) is 0 Å². The van der Waals surface area contributed by atoms with Crippen molar-refractivity contribution in [2.45, 2.75) is 0 Å². The highest BCUT2D eigenvalue weighted by atomic mass is 79.9. The molecule has 0 fully saturated rings. The number of carbonyl (C=O) groups excluding carboxylic acids is 1. The second-order valence-electron chi connectivity index (χ2n) is 4.05. The second-order valence-corrected chi connectivity index (χ2v) is 5.34. The summed E-state index contributed by atoms with van der Waals surface area (Å²) in [5.41, 5.74) is -0.348. The average molecular weight is 373 g/mol. The molecule has 0 aliphatic carbocycles. The SMILES string of the molecule is O=C(O)c1cc(Cl)ccc1NC(=O)c1c(F)cccc1Br. The molecular formula is C14H8BrClFNO3. The van der Waals surface area contributed by atoms with Crippen LogP contribution in [0.4, 0.5) is 10.1 Å². The van der Waals surface area contributed by atoms with Gasteiger partial charge >= 0.3 is 5.97 Å². The first kappa shape index (κ1) is 15.5. The number of carbonyl (C=O) groups is 2. The smallest absolute Gasteiger partial charge is 0.337 e. The minimum absolute atomic E-state index is 0.0343. The quantitative estimate of drug-likeness (QED) is 0.849. The van der Waals surface area contributed by atoms with Crippen molar-refractivity contribution in [3.8, 4) is 0 Å². The molecular weight excluding hydrogens is 365 g/mol. The van der Waals surface area contributed by atoms with E-state index < -0.39 is 17.7 Å². The highest BCUT2D eigenvalue weighted by Crippen LogP contribution is 2.24. The lowest BCUT2D eigenvalue weighted by atomic mass is 10.1. The Labute approximate surface area is 132 Å². The Bertz CT molecular complexity index is 716. The van der Waals surface area contributed by atoms with Gasteiger partial charge in [-0.25, -0.2) is 9.18 Å². The summed E-state index contributed by atoms with van der Waals surface area (Å²) in [7, 11) is 0. The van der Waals surface area contributed by atoms with Crippen molar-refractivity contribution in [1.29, 1.82) is 0 Å². The molecule has 0 radical (unpaired) electrons. The van der Waals surface area contributed by atoms with E-state index >= 15 is 0 Å². The van der Waals surface area contributed by atoms with E-state index in [9.17, 15) is 14.0 Å². The molecule has 0 aliphatic heterocycles. The van der Waals surface area contributed by atoms with E-state index in [0.29, 0.717) is 0 Å². The van der Waals surface area contributed by atoms with Gasteiger partial charge in [0.05, 0.1) is 16.8 Å².